The molecule has 6 heterocycles. The molecular formula is C46H53N9O5S. The van der Waals surface area contributed by atoms with Crippen molar-refractivity contribution in [2.45, 2.75) is 84.8 Å². The lowest BCUT2D eigenvalue weighted by molar-refractivity contribution is -0.140. The van der Waals surface area contributed by atoms with Crippen LogP contribution in [0.15, 0.2) is 72.5 Å². The molecule has 8 rings (SSSR count). The number of imidazole rings is 3. The average molecular weight is 844 g/mol. The van der Waals surface area contributed by atoms with Crippen LogP contribution in [0.25, 0.3) is 50.0 Å². The van der Waals surface area contributed by atoms with Crippen LogP contribution in [0, 0.1) is 17.8 Å². The number of carbonyl (C=O) groups excluding carboxylic acids is 4. The Kier molecular flexibility index (Phi) is 12.0. The van der Waals surface area contributed by atoms with E-state index in [1.807, 2.05) is 63.1 Å². The number of ketones is 1. The minimum Gasteiger partial charge on any atom is -0.387 e. The van der Waals surface area contributed by atoms with Crippen molar-refractivity contribution in [3.05, 3.63) is 84.2 Å². The Labute approximate surface area is 358 Å². The Bertz CT molecular complexity index is 2530. The van der Waals surface area contributed by atoms with Gasteiger partial charge in [-0.25, -0.2) is 15.0 Å². The average Bonchev–Trinajstić information content (AvgIpc) is 4.11. The first-order valence-corrected chi connectivity index (χ1v) is 22.1. The standard InChI is InChI=1S/C46H53N9O5S/c1-26(2)33(20-28(5)57)44(59)53-18-6-8-37(53)42-47-22-35(49-42)30-14-16-32(17-15-30)39-25-61-46-51-36(23-55(39)46)31-12-10-29(11-13-31)34-21-48-43(50-34)38-9-7-19-54(38)45(60)41(27(3)4)52-40(58)24-56/h10-17,21-23,25-27,33,37-38,41,56H,6-9,18-20,24H2,1-5H3,(H,47,49)(H,48,50)(H,52,58)/t33-,37?,38-,41-/m0/s1. The highest BCUT2D eigenvalue weighted by Crippen LogP contribution is 2.37. The number of amides is 3. The lowest BCUT2D eigenvalue weighted by Gasteiger charge is -2.30. The summed E-state index contributed by atoms with van der Waals surface area (Å²) in [6.07, 6.45) is 9.28. The molecule has 15 heteroatoms. The van der Waals surface area contributed by atoms with Gasteiger partial charge in [-0.3, -0.25) is 18.8 Å². The summed E-state index contributed by atoms with van der Waals surface area (Å²) in [6, 6.07) is 15.4. The molecule has 14 nitrogen and oxygen atoms in total. The number of aromatic nitrogens is 6. The van der Waals surface area contributed by atoms with Gasteiger partial charge in [0.2, 0.25) is 17.7 Å². The second-order valence-corrected chi connectivity index (χ2v) is 17.8. The Balaban J connectivity index is 0.938. The number of nitrogens with one attached hydrogen (secondary N) is 3. The Morgan fingerprint density at radius 2 is 1.33 bits per heavy atom. The highest BCUT2D eigenvalue weighted by atomic mass is 32.1. The summed E-state index contributed by atoms with van der Waals surface area (Å²) in [7, 11) is 0. The van der Waals surface area contributed by atoms with Gasteiger partial charge in [-0.1, -0.05) is 76.2 Å². The number of H-pyrrole nitrogens is 2. The van der Waals surface area contributed by atoms with Crippen LogP contribution in [-0.2, 0) is 19.2 Å². The molecule has 3 amide bonds. The summed E-state index contributed by atoms with van der Waals surface area (Å²) in [5.74, 6) is 0.431. The maximum Gasteiger partial charge on any atom is 0.246 e. The summed E-state index contributed by atoms with van der Waals surface area (Å²) >= 11 is 1.59. The highest BCUT2D eigenvalue weighted by Gasteiger charge is 2.38. The fourth-order valence-corrected chi connectivity index (χ4v) is 9.63. The summed E-state index contributed by atoms with van der Waals surface area (Å²) in [6.45, 7) is 9.89. The van der Waals surface area contributed by atoms with E-state index in [0.29, 0.717) is 18.9 Å². The molecule has 0 radical (unpaired) electrons. The number of Topliss-reactive ketones (excluding diaryl/α,β-unsaturated/α-hetero) is 1. The van der Waals surface area contributed by atoms with Crippen molar-refractivity contribution in [3.63, 3.8) is 0 Å². The number of hydrogen-bond acceptors (Lipinski definition) is 9. The van der Waals surface area contributed by atoms with Crippen LogP contribution in [-0.4, -0.2) is 93.5 Å². The molecule has 1 unspecified atom stereocenters. The molecule has 2 aliphatic rings. The molecule has 6 aromatic rings. The third-order valence-corrected chi connectivity index (χ3v) is 12.9. The van der Waals surface area contributed by atoms with Crippen molar-refractivity contribution in [2.75, 3.05) is 19.7 Å². The van der Waals surface area contributed by atoms with Gasteiger partial charge < -0.3 is 35.0 Å². The first-order chi connectivity index (χ1) is 29.4. The van der Waals surface area contributed by atoms with E-state index in [-0.39, 0.29) is 53.9 Å². The van der Waals surface area contributed by atoms with Crippen molar-refractivity contribution >= 4 is 39.8 Å². The minimum atomic E-state index is -0.724. The summed E-state index contributed by atoms with van der Waals surface area (Å²) in [5, 5.41) is 14.0. The SMILES string of the molecule is CC(=O)C[C@H](C(=O)N1CCCC1c1ncc(-c2ccc(-c3csc4nc(-c5ccc(-c6cnc([C@@H]7CCCN7C(=O)[C@@H](NC(=O)CO)C(C)C)[nH]6)cc5)cn34)cc2)[nH]1)C(C)C. The number of hydrogen-bond donors (Lipinski definition) is 4. The van der Waals surface area contributed by atoms with Crippen molar-refractivity contribution in [1.82, 2.24) is 44.4 Å². The predicted molar refractivity (Wildman–Crippen MR) is 234 cm³/mol. The second-order valence-electron chi connectivity index (χ2n) is 17.0. The molecule has 0 aliphatic carbocycles. The van der Waals surface area contributed by atoms with Crippen molar-refractivity contribution < 1.29 is 24.3 Å². The largest absolute Gasteiger partial charge is 0.387 e. The number of aliphatic hydroxyl groups is 1. The molecule has 4 aromatic heterocycles. The normalized spacial score (nSPS) is 17.8. The van der Waals surface area contributed by atoms with Crippen LogP contribution in [0.5, 0.6) is 0 Å². The van der Waals surface area contributed by atoms with Gasteiger partial charge in [0.05, 0.1) is 47.3 Å². The Morgan fingerprint density at radius 3 is 1.85 bits per heavy atom. The zero-order valence-corrected chi connectivity index (χ0v) is 36.0. The maximum atomic E-state index is 13.6. The van der Waals surface area contributed by atoms with Crippen LogP contribution in [0.4, 0.5) is 0 Å². The van der Waals surface area contributed by atoms with Crippen molar-refractivity contribution in [1.29, 1.82) is 0 Å². The molecule has 318 valence electrons. The Hall–Kier alpha value is -5.93. The molecule has 4 N–H and O–H groups in total. The van der Waals surface area contributed by atoms with Gasteiger partial charge in [-0.05, 0) is 61.1 Å². The van der Waals surface area contributed by atoms with Crippen LogP contribution in [0.3, 0.4) is 0 Å². The van der Waals surface area contributed by atoms with E-state index in [4.69, 9.17) is 9.97 Å². The third kappa shape index (κ3) is 8.53. The van der Waals surface area contributed by atoms with E-state index < -0.39 is 18.6 Å². The van der Waals surface area contributed by atoms with Gasteiger partial charge in [-0.2, -0.15) is 0 Å². The number of aromatic amines is 2. The van der Waals surface area contributed by atoms with Gasteiger partial charge in [0.15, 0.2) is 4.96 Å². The van der Waals surface area contributed by atoms with Crippen LogP contribution >= 0.6 is 11.3 Å². The van der Waals surface area contributed by atoms with Crippen LogP contribution in [0.1, 0.15) is 90.5 Å². The maximum absolute atomic E-state index is 13.6. The number of fused-ring (bicyclic) bond motifs is 1. The van der Waals surface area contributed by atoms with E-state index in [1.54, 1.807) is 29.4 Å². The monoisotopic (exact) mass is 843 g/mol. The smallest absolute Gasteiger partial charge is 0.246 e. The van der Waals surface area contributed by atoms with Gasteiger partial charge in [-0.15, -0.1) is 11.3 Å². The molecule has 4 atom stereocenters. The third-order valence-electron chi connectivity index (χ3n) is 12.1. The lowest BCUT2D eigenvalue weighted by Crippen LogP contribution is -2.51. The van der Waals surface area contributed by atoms with Crippen molar-refractivity contribution in [3.8, 4) is 45.0 Å². The van der Waals surface area contributed by atoms with Gasteiger partial charge in [0.1, 0.15) is 30.1 Å². The van der Waals surface area contributed by atoms with Crippen LogP contribution < -0.4 is 5.32 Å². The van der Waals surface area contributed by atoms with Gasteiger partial charge in [0.25, 0.3) is 0 Å². The number of likely N-dealkylation sites (tertiary alicyclic amines) is 2. The summed E-state index contributed by atoms with van der Waals surface area (Å²) in [5.41, 5.74) is 7.62. The van der Waals surface area contributed by atoms with Gasteiger partial charge >= 0.3 is 0 Å². The molecule has 61 heavy (non-hydrogen) atoms. The molecule has 2 aromatic carbocycles. The fourth-order valence-electron chi connectivity index (χ4n) is 8.75. The van der Waals surface area contributed by atoms with E-state index in [0.717, 1.165) is 81.5 Å². The zero-order valence-electron chi connectivity index (χ0n) is 35.2. The van der Waals surface area contributed by atoms with Gasteiger partial charge in [0, 0.05) is 42.6 Å². The number of thiazole rings is 1. The minimum absolute atomic E-state index is 0.0346. The first-order valence-electron chi connectivity index (χ1n) is 21.2. The fraction of sp³-hybridized carbons (Fsp3) is 0.413. The number of aliphatic hydroxyl groups excluding tert-OH is 1. The number of carbonyl (C=O) groups is 4. The molecule has 0 saturated carbocycles. The van der Waals surface area contributed by atoms with Crippen LogP contribution in [0.2, 0.25) is 0 Å². The van der Waals surface area contributed by atoms with E-state index in [1.165, 1.54) is 0 Å². The first kappa shape index (κ1) is 41.8. The quantitative estimate of drug-likeness (QED) is 0.0887. The number of benzene rings is 2. The second kappa shape index (κ2) is 17.6. The molecule has 0 spiro atoms. The summed E-state index contributed by atoms with van der Waals surface area (Å²) < 4.78 is 2.12. The zero-order chi connectivity index (χ0) is 42.9. The van der Waals surface area contributed by atoms with E-state index >= 15 is 0 Å². The Morgan fingerprint density at radius 1 is 0.787 bits per heavy atom. The molecular weight excluding hydrogens is 791 g/mol. The highest BCUT2D eigenvalue weighted by molar-refractivity contribution is 7.15. The van der Waals surface area contributed by atoms with Crippen molar-refractivity contribution in [2.24, 2.45) is 17.8 Å². The predicted octanol–water partition coefficient (Wildman–Crippen LogP) is 7.22. The number of rotatable bonds is 14. The molecule has 0 bridgehead atoms. The molecule has 2 fully saturated rings. The lowest BCUT2D eigenvalue weighted by atomic mass is 9.89. The molecule has 2 saturated heterocycles. The number of nitrogens with zero attached hydrogens (tertiary/aromatic N) is 6. The van der Waals surface area contributed by atoms with E-state index in [2.05, 4.69) is 60.5 Å². The van der Waals surface area contributed by atoms with E-state index in [9.17, 15) is 24.3 Å². The topological polar surface area (TPSA) is 182 Å². The molecule has 2 aliphatic heterocycles. The summed E-state index contributed by atoms with van der Waals surface area (Å²) in [4.78, 5) is 76.9.